The fraction of sp³-hybridized carbons (Fsp3) is 0.500. The summed E-state index contributed by atoms with van der Waals surface area (Å²) in [6.45, 7) is 0.849. The topological polar surface area (TPSA) is 9.23 Å². The zero-order valence-electron chi connectivity index (χ0n) is 16.5. The first-order valence-electron chi connectivity index (χ1n) is 10.4. The molecule has 2 fully saturated rings. The van der Waals surface area contributed by atoms with Gasteiger partial charge in [0.25, 0.3) is 0 Å². The highest BCUT2D eigenvalue weighted by Gasteiger charge is 2.30. The molecule has 1 atom stereocenters. The van der Waals surface area contributed by atoms with Gasteiger partial charge in [-0.2, -0.15) is 13.2 Å². The van der Waals surface area contributed by atoms with Crippen LogP contribution in [0.3, 0.4) is 0 Å². The highest BCUT2D eigenvalue weighted by Crippen LogP contribution is 2.40. The third-order valence-electron chi connectivity index (χ3n) is 6.37. The van der Waals surface area contributed by atoms with Crippen molar-refractivity contribution in [3.8, 4) is 11.8 Å². The van der Waals surface area contributed by atoms with Gasteiger partial charge >= 0.3 is 6.18 Å². The minimum Gasteiger partial charge on any atom is -0.378 e. The van der Waals surface area contributed by atoms with Crippen molar-refractivity contribution < 1.29 is 26.7 Å². The first-order chi connectivity index (χ1) is 14.3. The molecule has 2 aromatic carbocycles. The predicted molar refractivity (Wildman–Crippen MR) is 105 cm³/mol. The molecule has 1 aliphatic heterocycles. The van der Waals surface area contributed by atoms with Crippen molar-refractivity contribution in [2.24, 2.45) is 5.92 Å². The molecule has 2 aliphatic rings. The zero-order chi connectivity index (χ0) is 21.3. The summed E-state index contributed by atoms with van der Waals surface area (Å²) in [4.78, 5) is 0. The highest BCUT2D eigenvalue weighted by atomic mass is 19.4. The molecule has 1 aliphatic carbocycles. The lowest BCUT2D eigenvalue weighted by atomic mass is 9.75. The first-order valence-corrected chi connectivity index (χ1v) is 10.4. The predicted octanol–water partition coefficient (Wildman–Crippen LogP) is 6.87. The van der Waals surface area contributed by atoms with E-state index in [1.165, 1.54) is 12.5 Å². The van der Waals surface area contributed by atoms with Gasteiger partial charge in [-0.25, -0.2) is 8.78 Å². The van der Waals surface area contributed by atoms with E-state index in [0.717, 1.165) is 62.7 Å². The van der Waals surface area contributed by atoms with Crippen molar-refractivity contribution in [2.45, 2.75) is 63.1 Å². The standard InChI is InChI=1S/C24H23F5O/c25-21-14-18-13-17(8-9-19(18)23(26)20(21)10-11-24(27,28)29)15-4-6-16(7-5-15)22-3-1-2-12-30-22/h8-9,13-16,22H,1-7,12H2. The normalized spacial score (nSPS) is 25.0. The van der Waals surface area contributed by atoms with Gasteiger partial charge in [0.15, 0.2) is 0 Å². The largest absolute Gasteiger partial charge is 0.458 e. The second-order valence-electron chi connectivity index (χ2n) is 8.29. The lowest BCUT2D eigenvalue weighted by Gasteiger charge is -2.36. The second kappa shape index (κ2) is 8.55. The molecule has 2 aromatic rings. The van der Waals surface area contributed by atoms with E-state index in [2.05, 4.69) is 0 Å². The summed E-state index contributed by atoms with van der Waals surface area (Å²) < 4.78 is 71.7. The Labute approximate surface area is 172 Å². The van der Waals surface area contributed by atoms with Crippen molar-refractivity contribution >= 4 is 10.8 Å². The maximum absolute atomic E-state index is 14.6. The van der Waals surface area contributed by atoms with Crippen LogP contribution in [0.2, 0.25) is 0 Å². The molecule has 160 valence electrons. The van der Waals surface area contributed by atoms with E-state index in [1.807, 2.05) is 0 Å². The molecule has 0 amide bonds. The molecule has 30 heavy (non-hydrogen) atoms. The van der Waals surface area contributed by atoms with Crippen molar-refractivity contribution in [1.29, 1.82) is 0 Å². The van der Waals surface area contributed by atoms with Crippen LogP contribution >= 0.6 is 0 Å². The Morgan fingerprint density at radius 2 is 1.70 bits per heavy atom. The van der Waals surface area contributed by atoms with E-state index in [0.29, 0.717) is 23.3 Å². The second-order valence-corrected chi connectivity index (χ2v) is 8.29. The quantitative estimate of drug-likeness (QED) is 0.379. The van der Waals surface area contributed by atoms with E-state index in [9.17, 15) is 22.0 Å². The van der Waals surface area contributed by atoms with Gasteiger partial charge < -0.3 is 4.74 Å². The van der Waals surface area contributed by atoms with Gasteiger partial charge in [0.1, 0.15) is 11.6 Å². The highest BCUT2D eigenvalue weighted by molar-refractivity contribution is 5.85. The van der Waals surface area contributed by atoms with Crippen LogP contribution in [0.5, 0.6) is 0 Å². The van der Waals surface area contributed by atoms with Gasteiger partial charge in [-0.3, -0.25) is 0 Å². The van der Waals surface area contributed by atoms with Crippen LogP contribution in [0.1, 0.15) is 62.0 Å². The van der Waals surface area contributed by atoms with Crippen LogP contribution in [-0.4, -0.2) is 18.9 Å². The molecule has 4 rings (SSSR count). The molecule has 1 nitrogen and oxygen atoms in total. The van der Waals surface area contributed by atoms with Gasteiger partial charge in [0, 0.05) is 17.9 Å². The van der Waals surface area contributed by atoms with E-state index in [1.54, 1.807) is 18.1 Å². The maximum Gasteiger partial charge on any atom is 0.458 e. The number of alkyl halides is 3. The average molecular weight is 422 g/mol. The van der Waals surface area contributed by atoms with Crippen LogP contribution < -0.4 is 0 Å². The van der Waals surface area contributed by atoms with Crippen LogP contribution in [0, 0.1) is 29.4 Å². The minimum absolute atomic E-state index is 0.0796. The Morgan fingerprint density at radius 1 is 0.933 bits per heavy atom. The average Bonchev–Trinajstić information content (AvgIpc) is 2.73. The third-order valence-corrected chi connectivity index (χ3v) is 6.37. The summed E-state index contributed by atoms with van der Waals surface area (Å²) >= 11 is 0. The summed E-state index contributed by atoms with van der Waals surface area (Å²) in [5.74, 6) is 1.29. The number of fused-ring (bicyclic) bond motifs is 1. The number of hydrogen-bond acceptors (Lipinski definition) is 1. The molecule has 0 spiro atoms. The monoisotopic (exact) mass is 422 g/mol. The van der Waals surface area contributed by atoms with Gasteiger partial charge in [0.05, 0.1) is 11.7 Å². The Morgan fingerprint density at radius 3 is 2.37 bits per heavy atom. The molecule has 1 saturated heterocycles. The van der Waals surface area contributed by atoms with Crippen LogP contribution in [0.15, 0.2) is 24.3 Å². The van der Waals surface area contributed by atoms with Crippen molar-refractivity contribution in [3.63, 3.8) is 0 Å². The molecule has 0 N–H and O–H groups in total. The fourth-order valence-corrected chi connectivity index (χ4v) is 4.81. The SMILES string of the molecule is Fc1cc2cc(C3CCC(C4CCCCO4)CC3)ccc2c(F)c1C#CC(F)(F)F. The van der Waals surface area contributed by atoms with Crippen LogP contribution in [0.4, 0.5) is 22.0 Å². The van der Waals surface area contributed by atoms with Crippen molar-refractivity contribution in [2.75, 3.05) is 6.61 Å². The molecule has 1 unspecified atom stereocenters. The number of ether oxygens (including phenoxy) is 1. The number of halogens is 5. The summed E-state index contributed by atoms with van der Waals surface area (Å²) in [5, 5.41) is 0.425. The maximum atomic E-state index is 14.6. The minimum atomic E-state index is -4.81. The zero-order valence-corrected chi connectivity index (χ0v) is 16.5. The Hall–Kier alpha value is -2.13. The molecular formula is C24H23F5O. The Kier molecular flexibility index (Phi) is 6.02. The van der Waals surface area contributed by atoms with Gasteiger partial charge in [-0.1, -0.05) is 24.1 Å². The molecule has 1 heterocycles. The third kappa shape index (κ3) is 4.62. The Bertz CT molecular complexity index is 971. The lowest BCUT2D eigenvalue weighted by molar-refractivity contribution is -0.0696. The van der Waals surface area contributed by atoms with E-state index >= 15 is 0 Å². The van der Waals surface area contributed by atoms with Crippen molar-refractivity contribution in [3.05, 3.63) is 47.0 Å². The van der Waals surface area contributed by atoms with Gasteiger partial charge in [-0.05, 0) is 73.8 Å². The molecular weight excluding hydrogens is 399 g/mol. The molecule has 0 bridgehead atoms. The van der Waals surface area contributed by atoms with E-state index in [-0.39, 0.29) is 5.39 Å². The smallest absolute Gasteiger partial charge is 0.378 e. The van der Waals surface area contributed by atoms with Crippen molar-refractivity contribution in [1.82, 2.24) is 0 Å². The van der Waals surface area contributed by atoms with Crippen LogP contribution in [0.25, 0.3) is 10.8 Å². The summed E-state index contributed by atoms with van der Waals surface area (Å²) in [6, 6.07) is 6.15. The van der Waals surface area contributed by atoms with Gasteiger partial charge in [0.2, 0.25) is 0 Å². The van der Waals surface area contributed by atoms with E-state index in [4.69, 9.17) is 4.74 Å². The lowest BCUT2D eigenvalue weighted by Crippen LogP contribution is -2.30. The summed E-state index contributed by atoms with van der Waals surface area (Å²) in [6.07, 6.45) is 3.18. The van der Waals surface area contributed by atoms with Gasteiger partial charge in [-0.15, -0.1) is 0 Å². The fourth-order valence-electron chi connectivity index (χ4n) is 4.81. The van der Waals surface area contributed by atoms with Crippen LogP contribution in [-0.2, 0) is 4.74 Å². The Balaban J connectivity index is 1.53. The van der Waals surface area contributed by atoms with E-state index < -0.39 is 23.4 Å². The summed E-state index contributed by atoms with van der Waals surface area (Å²) in [7, 11) is 0. The molecule has 6 heteroatoms. The number of hydrogen-bond donors (Lipinski definition) is 0. The first kappa shape index (κ1) is 21.1. The molecule has 0 radical (unpaired) electrons. The summed E-state index contributed by atoms with van der Waals surface area (Å²) in [5.41, 5.74) is 0.166. The number of rotatable bonds is 2. The number of benzene rings is 2. The molecule has 1 saturated carbocycles. The molecule has 0 aromatic heterocycles.